The predicted octanol–water partition coefficient (Wildman–Crippen LogP) is 4.50. The number of rotatable bonds is 1. The highest BCUT2D eigenvalue weighted by Crippen LogP contribution is 2.28. The predicted molar refractivity (Wildman–Crippen MR) is 85.3 cm³/mol. The Balaban J connectivity index is 2.03. The zero-order valence-corrected chi connectivity index (χ0v) is 11.7. The van der Waals surface area contributed by atoms with Gasteiger partial charge < -0.3 is 0 Å². The molecule has 4 rings (SSSR count). The Kier molecular flexibility index (Phi) is 2.79. The Labute approximate surface area is 126 Å². The number of hydrogen-bond acceptors (Lipinski definition) is 3. The minimum absolute atomic E-state index is 0.235. The molecule has 0 atom stereocenters. The molecule has 21 heavy (non-hydrogen) atoms. The Morgan fingerprint density at radius 1 is 0.810 bits per heavy atom. The van der Waals surface area contributed by atoms with Gasteiger partial charge in [0, 0.05) is 11.8 Å². The van der Waals surface area contributed by atoms with Crippen molar-refractivity contribution < 1.29 is 0 Å². The zero-order valence-electron chi connectivity index (χ0n) is 11.0. The van der Waals surface area contributed by atoms with Gasteiger partial charge in [0.05, 0.1) is 5.52 Å². The van der Waals surface area contributed by atoms with Crippen LogP contribution in [0.4, 0.5) is 0 Å². The van der Waals surface area contributed by atoms with Crippen LogP contribution in [0.5, 0.6) is 0 Å². The standard InChI is InChI=1S/C17H10ClN3/c18-17-20-14-6-3-9-19-16(14)15(21-17)13-8-7-11-4-1-2-5-12(11)10-13/h1-10H. The van der Waals surface area contributed by atoms with Crippen LogP contribution in [0.25, 0.3) is 33.1 Å². The zero-order chi connectivity index (χ0) is 14.2. The molecule has 0 bridgehead atoms. The second-order valence-corrected chi connectivity index (χ2v) is 5.11. The summed E-state index contributed by atoms with van der Waals surface area (Å²) in [7, 11) is 0. The van der Waals surface area contributed by atoms with Gasteiger partial charge in [0.1, 0.15) is 11.2 Å². The Morgan fingerprint density at radius 3 is 2.57 bits per heavy atom. The Hall–Kier alpha value is -2.52. The van der Waals surface area contributed by atoms with Crippen LogP contribution in [0.2, 0.25) is 5.28 Å². The van der Waals surface area contributed by atoms with Gasteiger partial charge >= 0.3 is 0 Å². The number of fused-ring (bicyclic) bond motifs is 2. The van der Waals surface area contributed by atoms with Crippen LogP contribution in [-0.2, 0) is 0 Å². The smallest absolute Gasteiger partial charge is 0.223 e. The molecule has 2 heterocycles. The highest BCUT2D eigenvalue weighted by Gasteiger charge is 2.10. The summed E-state index contributed by atoms with van der Waals surface area (Å²) in [5, 5.41) is 2.59. The fourth-order valence-electron chi connectivity index (χ4n) is 2.48. The van der Waals surface area contributed by atoms with Gasteiger partial charge in [-0.05, 0) is 40.6 Å². The van der Waals surface area contributed by atoms with Gasteiger partial charge in [0.15, 0.2) is 0 Å². The molecule has 0 saturated heterocycles. The van der Waals surface area contributed by atoms with E-state index in [-0.39, 0.29) is 5.28 Å². The minimum Gasteiger partial charge on any atom is -0.252 e. The summed E-state index contributed by atoms with van der Waals surface area (Å²) in [6, 6.07) is 18.2. The maximum atomic E-state index is 6.04. The Morgan fingerprint density at radius 2 is 1.67 bits per heavy atom. The first kappa shape index (κ1) is 12.2. The first-order valence-corrected chi connectivity index (χ1v) is 6.96. The van der Waals surface area contributed by atoms with E-state index in [0.29, 0.717) is 0 Å². The van der Waals surface area contributed by atoms with E-state index in [2.05, 4.69) is 39.2 Å². The molecule has 0 fully saturated rings. The average molecular weight is 292 g/mol. The van der Waals surface area contributed by atoms with Crippen molar-refractivity contribution in [1.29, 1.82) is 0 Å². The molecule has 0 aliphatic rings. The number of hydrogen-bond donors (Lipinski definition) is 0. The maximum Gasteiger partial charge on any atom is 0.223 e. The van der Waals surface area contributed by atoms with Gasteiger partial charge in [-0.3, -0.25) is 4.98 Å². The van der Waals surface area contributed by atoms with Crippen LogP contribution >= 0.6 is 11.6 Å². The number of pyridine rings is 1. The van der Waals surface area contributed by atoms with Crippen molar-refractivity contribution in [1.82, 2.24) is 15.0 Å². The molecule has 4 aromatic rings. The summed E-state index contributed by atoms with van der Waals surface area (Å²) in [5.74, 6) is 0. The van der Waals surface area contributed by atoms with Gasteiger partial charge in [0.25, 0.3) is 0 Å². The number of nitrogens with zero attached hydrogens (tertiary/aromatic N) is 3. The van der Waals surface area contributed by atoms with Crippen molar-refractivity contribution in [2.45, 2.75) is 0 Å². The van der Waals surface area contributed by atoms with Crippen molar-refractivity contribution in [3.05, 3.63) is 66.1 Å². The lowest BCUT2D eigenvalue weighted by atomic mass is 10.0. The maximum absolute atomic E-state index is 6.04. The minimum atomic E-state index is 0.235. The van der Waals surface area contributed by atoms with Crippen molar-refractivity contribution >= 4 is 33.4 Å². The van der Waals surface area contributed by atoms with E-state index in [1.807, 2.05) is 30.3 Å². The van der Waals surface area contributed by atoms with Gasteiger partial charge in [0.2, 0.25) is 5.28 Å². The molecule has 0 N–H and O–H groups in total. The van der Waals surface area contributed by atoms with E-state index in [9.17, 15) is 0 Å². The second kappa shape index (κ2) is 4.79. The van der Waals surface area contributed by atoms with Gasteiger partial charge in [-0.2, -0.15) is 0 Å². The topological polar surface area (TPSA) is 38.7 Å². The lowest BCUT2D eigenvalue weighted by Gasteiger charge is -2.06. The van der Waals surface area contributed by atoms with Crippen LogP contribution in [-0.4, -0.2) is 15.0 Å². The van der Waals surface area contributed by atoms with E-state index in [4.69, 9.17) is 11.6 Å². The van der Waals surface area contributed by atoms with E-state index < -0.39 is 0 Å². The largest absolute Gasteiger partial charge is 0.252 e. The fraction of sp³-hybridized carbons (Fsp3) is 0. The van der Waals surface area contributed by atoms with E-state index in [1.165, 1.54) is 5.39 Å². The number of benzene rings is 2. The lowest BCUT2D eigenvalue weighted by molar-refractivity contribution is 1.20. The van der Waals surface area contributed by atoms with Gasteiger partial charge in [-0.15, -0.1) is 0 Å². The van der Waals surface area contributed by atoms with Gasteiger partial charge in [-0.1, -0.05) is 36.4 Å². The molecule has 0 saturated carbocycles. The highest BCUT2D eigenvalue weighted by atomic mass is 35.5. The van der Waals surface area contributed by atoms with E-state index >= 15 is 0 Å². The van der Waals surface area contributed by atoms with Crippen molar-refractivity contribution in [2.24, 2.45) is 0 Å². The fourth-order valence-corrected chi connectivity index (χ4v) is 2.65. The molecule has 4 heteroatoms. The number of aromatic nitrogens is 3. The molecule has 2 aromatic heterocycles. The third kappa shape index (κ3) is 2.12. The molecular weight excluding hydrogens is 282 g/mol. The molecule has 0 aliphatic carbocycles. The summed E-state index contributed by atoms with van der Waals surface area (Å²) >= 11 is 6.04. The normalized spacial score (nSPS) is 11.1. The van der Waals surface area contributed by atoms with Crippen LogP contribution in [0.15, 0.2) is 60.8 Å². The summed E-state index contributed by atoms with van der Waals surface area (Å²) in [6.45, 7) is 0. The lowest BCUT2D eigenvalue weighted by Crippen LogP contribution is -1.93. The van der Waals surface area contributed by atoms with Crippen LogP contribution in [0.1, 0.15) is 0 Å². The molecule has 2 aromatic carbocycles. The second-order valence-electron chi connectivity index (χ2n) is 4.77. The SMILES string of the molecule is Clc1nc(-c2ccc3ccccc3c2)c2ncccc2n1. The highest BCUT2D eigenvalue weighted by molar-refractivity contribution is 6.28. The molecule has 3 nitrogen and oxygen atoms in total. The molecule has 0 spiro atoms. The van der Waals surface area contributed by atoms with Crippen LogP contribution in [0, 0.1) is 0 Å². The molecule has 0 amide bonds. The van der Waals surface area contributed by atoms with Crippen molar-refractivity contribution in [3.8, 4) is 11.3 Å². The average Bonchev–Trinajstić information content (AvgIpc) is 2.53. The van der Waals surface area contributed by atoms with Gasteiger partial charge in [-0.25, -0.2) is 9.97 Å². The monoisotopic (exact) mass is 291 g/mol. The summed E-state index contributed by atoms with van der Waals surface area (Å²) < 4.78 is 0. The third-order valence-corrected chi connectivity index (χ3v) is 3.62. The molecule has 0 unspecified atom stereocenters. The summed E-state index contributed by atoms with van der Waals surface area (Å²) in [5.41, 5.74) is 3.26. The van der Waals surface area contributed by atoms with E-state index in [1.54, 1.807) is 6.20 Å². The first-order chi connectivity index (χ1) is 10.3. The Bertz CT molecular complexity index is 966. The van der Waals surface area contributed by atoms with Crippen LogP contribution in [0.3, 0.4) is 0 Å². The molecule has 0 aliphatic heterocycles. The summed E-state index contributed by atoms with van der Waals surface area (Å²) in [6.07, 6.45) is 1.74. The molecule has 0 radical (unpaired) electrons. The van der Waals surface area contributed by atoms with E-state index in [0.717, 1.165) is 27.7 Å². The van der Waals surface area contributed by atoms with Crippen molar-refractivity contribution in [2.75, 3.05) is 0 Å². The molecular formula is C17H10ClN3. The third-order valence-electron chi connectivity index (χ3n) is 3.45. The quantitative estimate of drug-likeness (QED) is 0.485. The van der Waals surface area contributed by atoms with Crippen LogP contribution < -0.4 is 0 Å². The summed E-state index contributed by atoms with van der Waals surface area (Å²) in [4.78, 5) is 13.0. The molecule has 100 valence electrons. The first-order valence-electron chi connectivity index (χ1n) is 6.59. The number of halogens is 1. The van der Waals surface area contributed by atoms with Crippen molar-refractivity contribution in [3.63, 3.8) is 0 Å².